The van der Waals surface area contributed by atoms with Crippen LogP contribution in [0.2, 0.25) is 0 Å². The zero-order chi connectivity index (χ0) is 19.2. The zero-order valence-corrected chi connectivity index (χ0v) is 16.4. The number of para-hydroxylation sites is 1. The highest BCUT2D eigenvalue weighted by molar-refractivity contribution is 5.82. The van der Waals surface area contributed by atoms with Crippen LogP contribution < -0.4 is 4.74 Å². The van der Waals surface area contributed by atoms with Gasteiger partial charge in [0.25, 0.3) is 0 Å². The summed E-state index contributed by atoms with van der Waals surface area (Å²) in [5.74, 6) is 1.94. The minimum atomic E-state index is 0. The summed E-state index contributed by atoms with van der Waals surface area (Å²) in [7, 11) is 0. The summed E-state index contributed by atoms with van der Waals surface area (Å²) in [5.41, 5.74) is 4.92. The number of aryl methyl sites for hydroxylation is 2. The summed E-state index contributed by atoms with van der Waals surface area (Å²) in [6, 6.07) is 20.4. The van der Waals surface area contributed by atoms with Crippen LogP contribution in [0, 0.1) is 13.8 Å². The number of aromatic nitrogens is 2. The van der Waals surface area contributed by atoms with E-state index in [1.165, 1.54) is 22.0 Å². The van der Waals surface area contributed by atoms with E-state index in [4.69, 9.17) is 4.74 Å². The maximum Gasteiger partial charge on any atom is 0.222 e. The van der Waals surface area contributed by atoms with E-state index < -0.39 is 0 Å². The molecule has 0 fully saturated rings. The van der Waals surface area contributed by atoms with Crippen molar-refractivity contribution in [3.63, 3.8) is 0 Å². The number of nitrogens with zero attached hydrogens (tertiary/aromatic N) is 1. The fraction of sp³-hybridized carbons (Fsp3) is 0.208. The van der Waals surface area contributed by atoms with Crippen molar-refractivity contribution >= 4 is 10.9 Å². The number of hydrogen-bond acceptors (Lipinski definition) is 2. The molecule has 3 nitrogen and oxygen atoms in total. The summed E-state index contributed by atoms with van der Waals surface area (Å²) in [4.78, 5) is 7.48. The quantitative estimate of drug-likeness (QED) is 0.426. The van der Waals surface area contributed by atoms with Gasteiger partial charge in [0, 0.05) is 24.9 Å². The SMILES string of the molecule is Cc1ccc(Oc2ncccc2C(C)C)cc1.Cc1cccc2cc[nH]c12.[HH]. The summed E-state index contributed by atoms with van der Waals surface area (Å²) in [6.07, 6.45) is 3.73. The molecule has 0 saturated heterocycles. The Morgan fingerprint density at radius 3 is 2.41 bits per heavy atom. The van der Waals surface area contributed by atoms with E-state index in [0.717, 1.165) is 11.3 Å². The van der Waals surface area contributed by atoms with E-state index >= 15 is 0 Å². The van der Waals surface area contributed by atoms with E-state index in [1.54, 1.807) is 6.20 Å². The van der Waals surface area contributed by atoms with Crippen molar-refractivity contribution in [3.05, 3.63) is 89.7 Å². The van der Waals surface area contributed by atoms with Gasteiger partial charge in [-0.1, -0.05) is 55.8 Å². The molecule has 1 N–H and O–H groups in total. The van der Waals surface area contributed by atoms with Gasteiger partial charge in [-0.15, -0.1) is 0 Å². The highest BCUT2D eigenvalue weighted by atomic mass is 16.5. The van der Waals surface area contributed by atoms with Gasteiger partial charge in [-0.2, -0.15) is 0 Å². The van der Waals surface area contributed by atoms with E-state index in [1.807, 2.05) is 36.5 Å². The Kier molecular flexibility index (Phi) is 5.92. The van der Waals surface area contributed by atoms with Crippen LogP contribution >= 0.6 is 0 Å². The van der Waals surface area contributed by atoms with Crippen molar-refractivity contribution in [2.24, 2.45) is 0 Å². The number of aromatic amines is 1. The Hall–Kier alpha value is -3.07. The van der Waals surface area contributed by atoms with E-state index in [0.29, 0.717) is 11.8 Å². The number of H-pyrrole nitrogens is 1. The third kappa shape index (κ3) is 4.76. The number of ether oxygens (including phenoxy) is 1. The van der Waals surface area contributed by atoms with Crippen LogP contribution in [0.25, 0.3) is 10.9 Å². The highest BCUT2D eigenvalue weighted by Crippen LogP contribution is 2.28. The number of benzene rings is 2. The number of fused-ring (bicyclic) bond motifs is 1. The van der Waals surface area contributed by atoms with Crippen molar-refractivity contribution in [3.8, 4) is 11.6 Å². The molecule has 0 aliphatic heterocycles. The van der Waals surface area contributed by atoms with Crippen molar-refractivity contribution in [2.45, 2.75) is 33.6 Å². The van der Waals surface area contributed by atoms with Crippen molar-refractivity contribution < 1.29 is 6.16 Å². The van der Waals surface area contributed by atoms with Crippen molar-refractivity contribution in [2.75, 3.05) is 0 Å². The molecule has 140 valence electrons. The average Bonchev–Trinajstić information content (AvgIpc) is 3.15. The fourth-order valence-corrected chi connectivity index (χ4v) is 2.89. The van der Waals surface area contributed by atoms with Gasteiger partial charge in [0.1, 0.15) is 5.75 Å². The monoisotopic (exact) mass is 360 g/mol. The minimum Gasteiger partial charge on any atom is -0.439 e. The van der Waals surface area contributed by atoms with Gasteiger partial charge in [0.15, 0.2) is 0 Å². The predicted molar refractivity (Wildman–Crippen MR) is 115 cm³/mol. The van der Waals surface area contributed by atoms with Gasteiger partial charge in [-0.05, 0) is 55.0 Å². The van der Waals surface area contributed by atoms with Gasteiger partial charge >= 0.3 is 0 Å². The van der Waals surface area contributed by atoms with Gasteiger partial charge in [-0.25, -0.2) is 4.98 Å². The molecule has 3 heteroatoms. The van der Waals surface area contributed by atoms with Crippen molar-refractivity contribution in [1.29, 1.82) is 0 Å². The lowest BCUT2D eigenvalue weighted by Crippen LogP contribution is -1.96. The first-order chi connectivity index (χ1) is 13.0. The first kappa shape index (κ1) is 18.7. The molecule has 0 radical (unpaired) electrons. The molecule has 0 bridgehead atoms. The summed E-state index contributed by atoms with van der Waals surface area (Å²) in [5, 5.41) is 1.29. The molecule has 2 aromatic heterocycles. The van der Waals surface area contributed by atoms with E-state index in [-0.39, 0.29) is 1.43 Å². The third-order valence-electron chi connectivity index (χ3n) is 4.45. The predicted octanol–water partition coefficient (Wildman–Crippen LogP) is 7.03. The van der Waals surface area contributed by atoms with Crippen LogP contribution in [0.1, 0.15) is 37.9 Å². The fourth-order valence-electron chi connectivity index (χ4n) is 2.89. The molecule has 4 rings (SSSR count). The second-order valence-electron chi connectivity index (χ2n) is 6.98. The zero-order valence-electron chi connectivity index (χ0n) is 16.4. The molecule has 0 atom stereocenters. The summed E-state index contributed by atoms with van der Waals surface area (Å²) in [6.45, 7) is 8.45. The van der Waals surface area contributed by atoms with E-state index in [2.05, 4.69) is 68.0 Å². The van der Waals surface area contributed by atoms with Crippen LogP contribution in [0.3, 0.4) is 0 Å². The standard InChI is InChI=1S/C15H17NO.C9H9N.H2/c1-11(2)14-5-4-10-16-15(14)17-13-8-6-12(3)7-9-13;1-7-3-2-4-8-5-6-10-9(7)8;/h4-11H,1-3H3;2-6,10H,1H3;1H. The Bertz CT molecular complexity index is 1010. The molecule has 2 aromatic carbocycles. The molecule has 0 spiro atoms. The first-order valence-electron chi connectivity index (χ1n) is 9.26. The average molecular weight is 361 g/mol. The van der Waals surface area contributed by atoms with Gasteiger partial charge in [0.05, 0.1) is 0 Å². The molecule has 0 unspecified atom stereocenters. The number of pyridine rings is 1. The number of rotatable bonds is 3. The summed E-state index contributed by atoms with van der Waals surface area (Å²) < 4.78 is 5.81. The summed E-state index contributed by atoms with van der Waals surface area (Å²) >= 11 is 0. The molecule has 2 heterocycles. The molecule has 0 aliphatic rings. The Morgan fingerprint density at radius 1 is 0.926 bits per heavy atom. The van der Waals surface area contributed by atoms with Gasteiger partial charge in [-0.3, -0.25) is 0 Å². The Balaban J connectivity index is 0.000000217. The smallest absolute Gasteiger partial charge is 0.222 e. The first-order valence-corrected chi connectivity index (χ1v) is 9.26. The van der Waals surface area contributed by atoms with Crippen LogP contribution in [0.15, 0.2) is 73.1 Å². The Morgan fingerprint density at radius 2 is 1.70 bits per heavy atom. The maximum atomic E-state index is 5.81. The topological polar surface area (TPSA) is 37.9 Å². The third-order valence-corrected chi connectivity index (χ3v) is 4.45. The lowest BCUT2D eigenvalue weighted by atomic mass is 10.1. The van der Waals surface area contributed by atoms with Crippen LogP contribution in [-0.2, 0) is 0 Å². The molecule has 4 aromatic rings. The lowest BCUT2D eigenvalue weighted by Gasteiger charge is -2.12. The molecule has 0 saturated carbocycles. The normalized spacial score (nSPS) is 10.6. The Labute approximate surface area is 162 Å². The minimum absolute atomic E-state index is 0. The largest absolute Gasteiger partial charge is 0.439 e. The molecule has 0 amide bonds. The maximum absolute atomic E-state index is 5.81. The number of nitrogens with one attached hydrogen (secondary N) is 1. The molecular weight excluding hydrogens is 332 g/mol. The molecule has 27 heavy (non-hydrogen) atoms. The van der Waals surface area contributed by atoms with Gasteiger partial charge in [0.2, 0.25) is 5.88 Å². The van der Waals surface area contributed by atoms with Crippen LogP contribution in [-0.4, -0.2) is 9.97 Å². The van der Waals surface area contributed by atoms with Crippen molar-refractivity contribution in [1.82, 2.24) is 9.97 Å². The van der Waals surface area contributed by atoms with Gasteiger partial charge < -0.3 is 9.72 Å². The number of hydrogen-bond donors (Lipinski definition) is 1. The highest BCUT2D eigenvalue weighted by Gasteiger charge is 2.09. The lowest BCUT2D eigenvalue weighted by molar-refractivity contribution is 0.453. The van der Waals surface area contributed by atoms with Crippen LogP contribution in [0.5, 0.6) is 11.6 Å². The second-order valence-corrected chi connectivity index (χ2v) is 6.98. The second kappa shape index (κ2) is 8.54. The molecule has 0 aliphatic carbocycles. The van der Waals surface area contributed by atoms with Crippen LogP contribution in [0.4, 0.5) is 0 Å². The molecular formula is C24H28N2O. The van der Waals surface area contributed by atoms with E-state index in [9.17, 15) is 0 Å².